The van der Waals surface area contributed by atoms with E-state index in [-0.39, 0.29) is 29.9 Å². The zero-order valence-electron chi connectivity index (χ0n) is 16.9. The van der Waals surface area contributed by atoms with Crippen LogP contribution in [0.4, 0.5) is 22.1 Å². The SMILES string of the molecule is CC(C)NC(=O)O[C@H]1CC[C@@H](c2cc(Nc3cc4c(cn3)NS(=O)(=O)CC4)n[nH]2)C1. The average Bonchev–Trinajstić information content (AvgIpc) is 3.30. The van der Waals surface area contributed by atoms with E-state index < -0.39 is 10.0 Å². The summed E-state index contributed by atoms with van der Waals surface area (Å²) in [6.07, 6.45) is 3.98. The van der Waals surface area contributed by atoms with Crippen LogP contribution < -0.4 is 15.4 Å². The van der Waals surface area contributed by atoms with Crippen LogP contribution in [0.3, 0.4) is 0 Å². The summed E-state index contributed by atoms with van der Waals surface area (Å²) in [6.45, 7) is 3.79. The van der Waals surface area contributed by atoms with Gasteiger partial charge in [-0.25, -0.2) is 18.2 Å². The minimum absolute atomic E-state index is 0.0494. The number of alkyl carbamates (subject to hydrolysis) is 1. The van der Waals surface area contributed by atoms with Crippen molar-refractivity contribution in [3.63, 3.8) is 0 Å². The molecule has 4 N–H and O–H groups in total. The van der Waals surface area contributed by atoms with Crippen LogP contribution in [0.1, 0.15) is 50.3 Å². The van der Waals surface area contributed by atoms with Gasteiger partial charge >= 0.3 is 6.09 Å². The third-order valence-corrected chi connectivity index (χ3v) is 6.53. The maximum Gasteiger partial charge on any atom is 0.407 e. The number of pyridine rings is 1. The van der Waals surface area contributed by atoms with Crippen LogP contribution in [0, 0.1) is 0 Å². The summed E-state index contributed by atoms with van der Waals surface area (Å²) in [5, 5.41) is 13.3. The molecule has 1 amide bonds. The number of carbonyl (C=O) groups excluding carboxylic acids is 1. The second-order valence-electron chi connectivity index (χ2n) is 8.07. The Morgan fingerprint density at radius 1 is 1.27 bits per heavy atom. The number of amides is 1. The minimum Gasteiger partial charge on any atom is -0.446 e. The van der Waals surface area contributed by atoms with Crippen molar-refractivity contribution < 1.29 is 17.9 Å². The number of aryl methyl sites for hydroxylation is 1. The van der Waals surface area contributed by atoms with Gasteiger partial charge in [0, 0.05) is 23.7 Å². The van der Waals surface area contributed by atoms with Gasteiger partial charge in [-0.15, -0.1) is 0 Å². The fourth-order valence-corrected chi connectivity index (χ4v) is 4.93. The molecule has 1 aliphatic heterocycles. The molecule has 1 fully saturated rings. The van der Waals surface area contributed by atoms with Crippen molar-refractivity contribution in [2.75, 3.05) is 15.8 Å². The highest BCUT2D eigenvalue weighted by molar-refractivity contribution is 7.92. The standard InChI is InChI=1S/C19H26N6O4S/c1-11(2)21-19(26)29-14-4-3-12(7-14)15-9-18(24-23-15)22-17-8-13-5-6-30(27,28)25-16(13)10-20-17/h8-12,14,25H,3-7H2,1-2H3,(H,21,26)(H2,20,22,23,24)/t12-,14+/m1/s1. The molecule has 0 spiro atoms. The van der Waals surface area contributed by atoms with E-state index >= 15 is 0 Å². The van der Waals surface area contributed by atoms with E-state index in [2.05, 4.69) is 30.5 Å². The summed E-state index contributed by atoms with van der Waals surface area (Å²) in [5.41, 5.74) is 2.40. The number of nitrogens with one attached hydrogen (secondary N) is 4. The van der Waals surface area contributed by atoms with Gasteiger partial charge in [-0.1, -0.05) is 0 Å². The number of nitrogens with zero attached hydrogens (tertiary/aromatic N) is 2. The normalized spacial score (nSPS) is 22.2. The van der Waals surface area contributed by atoms with Crippen molar-refractivity contribution in [2.24, 2.45) is 0 Å². The van der Waals surface area contributed by atoms with E-state index in [4.69, 9.17) is 4.74 Å². The first kappa shape index (κ1) is 20.5. The molecule has 2 aliphatic rings. The Labute approximate surface area is 175 Å². The molecule has 0 bridgehead atoms. The molecule has 0 saturated heterocycles. The Bertz CT molecular complexity index is 1040. The number of rotatable bonds is 5. The first-order chi connectivity index (χ1) is 14.3. The van der Waals surface area contributed by atoms with Gasteiger partial charge in [0.05, 0.1) is 17.6 Å². The number of aromatic amines is 1. The van der Waals surface area contributed by atoms with Crippen molar-refractivity contribution in [2.45, 2.75) is 57.6 Å². The summed E-state index contributed by atoms with van der Waals surface area (Å²) in [4.78, 5) is 16.1. The molecular formula is C19H26N6O4S. The van der Waals surface area contributed by atoms with Crippen LogP contribution in [0.15, 0.2) is 18.3 Å². The van der Waals surface area contributed by atoms with Gasteiger partial charge in [-0.2, -0.15) is 5.10 Å². The first-order valence-corrected chi connectivity index (χ1v) is 11.7. The molecule has 0 aromatic carbocycles. The molecule has 3 heterocycles. The quantitative estimate of drug-likeness (QED) is 0.567. The van der Waals surface area contributed by atoms with Gasteiger partial charge in [0.2, 0.25) is 10.0 Å². The van der Waals surface area contributed by atoms with E-state index in [1.54, 1.807) is 0 Å². The summed E-state index contributed by atoms with van der Waals surface area (Å²) in [5.74, 6) is 1.55. The van der Waals surface area contributed by atoms with Crippen LogP contribution >= 0.6 is 0 Å². The van der Waals surface area contributed by atoms with Crippen molar-refractivity contribution in [1.29, 1.82) is 0 Å². The molecule has 1 saturated carbocycles. The maximum atomic E-state index is 11.8. The smallest absolute Gasteiger partial charge is 0.407 e. The Kier molecular flexibility index (Phi) is 5.54. The number of sulfonamides is 1. The van der Waals surface area contributed by atoms with Crippen LogP contribution in [0.5, 0.6) is 0 Å². The number of H-pyrrole nitrogens is 1. The van der Waals surface area contributed by atoms with Crippen LogP contribution in [-0.4, -0.2) is 47.6 Å². The van der Waals surface area contributed by atoms with Crippen LogP contribution in [0.2, 0.25) is 0 Å². The number of ether oxygens (including phenoxy) is 1. The van der Waals surface area contributed by atoms with E-state index in [9.17, 15) is 13.2 Å². The molecule has 11 heteroatoms. The van der Waals surface area contributed by atoms with Crippen molar-refractivity contribution in [3.05, 3.63) is 29.6 Å². The molecule has 2 aromatic heterocycles. The van der Waals surface area contributed by atoms with Crippen LogP contribution in [-0.2, 0) is 21.2 Å². The van der Waals surface area contributed by atoms with Crippen molar-refractivity contribution in [3.8, 4) is 0 Å². The molecule has 2 aromatic rings. The Morgan fingerprint density at radius 2 is 2.10 bits per heavy atom. The largest absolute Gasteiger partial charge is 0.446 e. The fourth-order valence-electron chi connectivity index (χ4n) is 3.82. The maximum absolute atomic E-state index is 11.8. The highest BCUT2D eigenvalue weighted by atomic mass is 32.2. The fraction of sp³-hybridized carbons (Fsp3) is 0.526. The molecule has 0 unspecified atom stereocenters. The summed E-state index contributed by atoms with van der Waals surface area (Å²) < 4.78 is 31.3. The number of hydrogen-bond acceptors (Lipinski definition) is 7. The lowest BCUT2D eigenvalue weighted by molar-refractivity contribution is 0.0981. The van der Waals surface area contributed by atoms with Gasteiger partial charge in [0.1, 0.15) is 11.9 Å². The second-order valence-corrected chi connectivity index (χ2v) is 9.91. The molecule has 2 atom stereocenters. The topological polar surface area (TPSA) is 138 Å². The summed E-state index contributed by atoms with van der Waals surface area (Å²) in [7, 11) is -3.26. The van der Waals surface area contributed by atoms with Crippen molar-refractivity contribution >= 4 is 33.4 Å². The second kappa shape index (κ2) is 8.13. The molecule has 1 aliphatic carbocycles. The number of carbonyl (C=O) groups is 1. The molecular weight excluding hydrogens is 408 g/mol. The number of fused-ring (bicyclic) bond motifs is 1. The van der Waals surface area contributed by atoms with E-state index in [0.717, 1.165) is 30.5 Å². The van der Waals surface area contributed by atoms with Gasteiger partial charge in [-0.05, 0) is 51.2 Å². The van der Waals surface area contributed by atoms with Crippen molar-refractivity contribution in [1.82, 2.24) is 20.5 Å². The third-order valence-electron chi connectivity index (χ3n) is 5.25. The summed E-state index contributed by atoms with van der Waals surface area (Å²) >= 11 is 0. The van der Waals surface area contributed by atoms with Gasteiger partial charge in [0.25, 0.3) is 0 Å². The number of anilines is 3. The molecule has 4 rings (SSSR count). The Morgan fingerprint density at radius 3 is 2.90 bits per heavy atom. The zero-order chi connectivity index (χ0) is 21.3. The average molecular weight is 435 g/mol. The minimum atomic E-state index is -3.26. The van der Waals surface area contributed by atoms with E-state index in [1.807, 2.05) is 26.0 Å². The lowest BCUT2D eigenvalue weighted by Gasteiger charge is -2.18. The predicted octanol–water partition coefficient (Wildman–Crippen LogP) is 2.62. The lowest BCUT2D eigenvalue weighted by atomic mass is 10.0. The van der Waals surface area contributed by atoms with Crippen LogP contribution in [0.25, 0.3) is 0 Å². The zero-order valence-corrected chi connectivity index (χ0v) is 17.8. The molecule has 0 radical (unpaired) electrons. The monoisotopic (exact) mass is 434 g/mol. The predicted molar refractivity (Wildman–Crippen MR) is 112 cm³/mol. The van der Waals surface area contributed by atoms with E-state index in [1.165, 1.54) is 6.20 Å². The highest BCUT2D eigenvalue weighted by Gasteiger charge is 2.30. The van der Waals surface area contributed by atoms with E-state index in [0.29, 0.717) is 23.7 Å². The third kappa shape index (κ3) is 4.84. The highest BCUT2D eigenvalue weighted by Crippen LogP contribution is 2.36. The lowest BCUT2D eigenvalue weighted by Crippen LogP contribution is -2.33. The van der Waals surface area contributed by atoms with Gasteiger partial charge < -0.3 is 15.4 Å². The summed E-state index contributed by atoms with van der Waals surface area (Å²) in [6, 6.07) is 3.82. The number of hydrogen-bond donors (Lipinski definition) is 4. The molecule has 162 valence electrons. The Balaban J connectivity index is 1.36. The van der Waals surface area contributed by atoms with Gasteiger partial charge in [0.15, 0.2) is 5.82 Å². The first-order valence-electron chi connectivity index (χ1n) is 10.1. The Hall–Kier alpha value is -2.82. The van der Waals surface area contributed by atoms with Gasteiger partial charge in [-0.3, -0.25) is 9.82 Å². The molecule has 10 nitrogen and oxygen atoms in total. The molecule has 30 heavy (non-hydrogen) atoms. The number of aromatic nitrogens is 3.